The zero-order chi connectivity index (χ0) is 7.82. The predicted molar refractivity (Wildman–Crippen MR) is 47.7 cm³/mol. The highest BCUT2D eigenvalue weighted by Crippen LogP contribution is 1.91. The lowest BCUT2D eigenvalue weighted by atomic mass is 10.5. The first-order chi connectivity index (χ1) is 4.81. The van der Waals surface area contributed by atoms with Crippen LogP contribution in [0.25, 0.3) is 0 Å². The first-order valence-corrected chi connectivity index (χ1v) is 5.96. The van der Waals surface area contributed by atoms with Gasteiger partial charge in [0.1, 0.15) is 0 Å². The molecule has 0 aliphatic heterocycles. The van der Waals surface area contributed by atoms with Crippen molar-refractivity contribution < 1.29 is 8.85 Å². The van der Waals surface area contributed by atoms with Crippen LogP contribution in [-0.4, -0.2) is 28.3 Å². The van der Waals surface area contributed by atoms with Gasteiger partial charge in [0, 0.05) is 13.2 Å². The minimum absolute atomic E-state index is 0.756. The third-order valence-corrected chi connectivity index (χ3v) is 2.58. The summed E-state index contributed by atoms with van der Waals surface area (Å²) in [6, 6.07) is 0. The molecule has 0 saturated heterocycles. The molecule has 0 aromatic heterocycles. The van der Waals surface area contributed by atoms with Gasteiger partial charge in [0.25, 0.3) is 0 Å². The standard InChI is InChI=1S/C6H15O2SSi/c1-3-7-10(2)8-5-4-6-9/h9H,3-6H2,1-2H3. The Kier molecular flexibility index (Phi) is 7.96. The third kappa shape index (κ3) is 6.60. The van der Waals surface area contributed by atoms with Crippen LogP contribution in [0.5, 0.6) is 0 Å². The highest BCUT2D eigenvalue weighted by molar-refractivity contribution is 7.80. The van der Waals surface area contributed by atoms with Crippen LogP contribution < -0.4 is 0 Å². The molecule has 0 saturated carbocycles. The Labute approximate surface area is 70.2 Å². The second kappa shape index (κ2) is 7.59. The van der Waals surface area contributed by atoms with E-state index in [4.69, 9.17) is 8.85 Å². The van der Waals surface area contributed by atoms with Crippen LogP contribution in [0.1, 0.15) is 13.3 Å². The van der Waals surface area contributed by atoms with Crippen molar-refractivity contribution in [1.82, 2.24) is 0 Å². The molecule has 0 heterocycles. The number of hydrogen-bond acceptors (Lipinski definition) is 3. The molecule has 0 amide bonds. The fourth-order valence-electron chi connectivity index (χ4n) is 0.525. The smallest absolute Gasteiger partial charge is 0.381 e. The van der Waals surface area contributed by atoms with Gasteiger partial charge in [-0.1, -0.05) is 0 Å². The second-order valence-corrected chi connectivity index (χ2v) is 3.86. The van der Waals surface area contributed by atoms with Crippen molar-refractivity contribution in [2.24, 2.45) is 0 Å². The van der Waals surface area contributed by atoms with E-state index in [1.807, 2.05) is 13.5 Å². The molecular formula is C6H15O2SSi. The van der Waals surface area contributed by atoms with E-state index in [2.05, 4.69) is 12.6 Å². The minimum atomic E-state index is -0.947. The highest BCUT2D eigenvalue weighted by atomic mass is 32.1. The summed E-state index contributed by atoms with van der Waals surface area (Å²) in [6.07, 6.45) is 1.01. The first kappa shape index (κ1) is 10.5. The molecule has 0 rings (SSSR count). The predicted octanol–water partition coefficient (Wildman–Crippen LogP) is 1.48. The average molecular weight is 179 g/mol. The second-order valence-electron chi connectivity index (χ2n) is 1.85. The molecule has 0 aliphatic carbocycles. The van der Waals surface area contributed by atoms with Crippen molar-refractivity contribution >= 4 is 21.9 Å². The fraction of sp³-hybridized carbons (Fsp3) is 1.00. The van der Waals surface area contributed by atoms with Gasteiger partial charge >= 0.3 is 9.28 Å². The minimum Gasteiger partial charge on any atom is -0.394 e. The summed E-state index contributed by atoms with van der Waals surface area (Å²) in [5.41, 5.74) is 0. The van der Waals surface area contributed by atoms with Crippen LogP contribution >= 0.6 is 12.6 Å². The maximum absolute atomic E-state index is 5.35. The molecule has 0 bridgehead atoms. The van der Waals surface area contributed by atoms with Gasteiger partial charge in [0.2, 0.25) is 0 Å². The van der Waals surface area contributed by atoms with Gasteiger partial charge in [0.05, 0.1) is 0 Å². The van der Waals surface area contributed by atoms with Gasteiger partial charge in [-0.25, -0.2) is 0 Å². The van der Waals surface area contributed by atoms with E-state index in [0.29, 0.717) is 0 Å². The zero-order valence-corrected chi connectivity index (χ0v) is 8.49. The van der Waals surface area contributed by atoms with E-state index in [9.17, 15) is 0 Å². The first-order valence-electron chi connectivity index (χ1n) is 3.51. The van der Waals surface area contributed by atoms with Crippen molar-refractivity contribution in [2.75, 3.05) is 19.0 Å². The Balaban J connectivity index is 2.97. The highest BCUT2D eigenvalue weighted by Gasteiger charge is 2.04. The summed E-state index contributed by atoms with van der Waals surface area (Å²) < 4.78 is 10.6. The quantitative estimate of drug-likeness (QED) is 0.378. The molecule has 1 radical (unpaired) electrons. The molecule has 10 heavy (non-hydrogen) atoms. The molecule has 0 aromatic rings. The van der Waals surface area contributed by atoms with Crippen LogP contribution in [0, 0.1) is 0 Å². The van der Waals surface area contributed by atoms with E-state index in [1.54, 1.807) is 0 Å². The molecule has 61 valence electrons. The molecular weight excluding hydrogens is 164 g/mol. The van der Waals surface area contributed by atoms with E-state index >= 15 is 0 Å². The topological polar surface area (TPSA) is 18.5 Å². The molecule has 0 fully saturated rings. The fourth-order valence-corrected chi connectivity index (χ4v) is 1.58. The molecule has 0 spiro atoms. The van der Waals surface area contributed by atoms with Crippen LogP contribution in [-0.2, 0) is 8.85 Å². The lowest BCUT2D eigenvalue weighted by molar-refractivity contribution is 0.211. The summed E-state index contributed by atoms with van der Waals surface area (Å²) in [5.74, 6) is 0.890. The van der Waals surface area contributed by atoms with Crippen LogP contribution in [0.2, 0.25) is 6.55 Å². The average Bonchev–Trinajstić information content (AvgIpc) is 1.89. The van der Waals surface area contributed by atoms with Crippen LogP contribution in [0.4, 0.5) is 0 Å². The molecule has 2 nitrogen and oxygen atoms in total. The maximum atomic E-state index is 5.35. The number of thiol groups is 1. The van der Waals surface area contributed by atoms with E-state index in [0.717, 1.165) is 25.4 Å². The van der Waals surface area contributed by atoms with Gasteiger partial charge in [-0.2, -0.15) is 12.6 Å². The van der Waals surface area contributed by atoms with Gasteiger partial charge in [-0.3, -0.25) is 0 Å². The van der Waals surface area contributed by atoms with Crippen molar-refractivity contribution in [3.8, 4) is 0 Å². The molecule has 0 aliphatic rings. The molecule has 4 heteroatoms. The number of hydrogen-bond donors (Lipinski definition) is 1. The Bertz CT molecular complexity index is 72.8. The van der Waals surface area contributed by atoms with E-state index in [-0.39, 0.29) is 0 Å². The normalized spacial score (nSPS) is 10.8. The third-order valence-electron chi connectivity index (χ3n) is 0.955. The van der Waals surface area contributed by atoms with Crippen LogP contribution in [0.3, 0.4) is 0 Å². The molecule has 0 N–H and O–H groups in total. The van der Waals surface area contributed by atoms with Gasteiger partial charge < -0.3 is 8.85 Å². The summed E-state index contributed by atoms with van der Waals surface area (Å²) in [5, 5.41) is 0. The van der Waals surface area contributed by atoms with E-state index < -0.39 is 9.28 Å². The summed E-state index contributed by atoms with van der Waals surface area (Å²) in [4.78, 5) is 0. The SMILES string of the molecule is CCO[Si](C)OCCCS. The Morgan fingerprint density at radius 2 is 2.10 bits per heavy atom. The van der Waals surface area contributed by atoms with Gasteiger partial charge in [-0.05, 0) is 25.6 Å². The maximum Gasteiger partial charge on any atom is 0.381 e. The number of rotatable bonds is 6. The molecule has 0 unspecified atom stereocenters. The van der Waals surface area contributed by atoms with Gasteiger partial charge in [-0.15, -0.1) is 0 Å². The van der Waals surface area contributed by atoms with Crippen molar-refractivity contribution in [1.29, 1.82) is 0 Å². The largest absolute Gasteiger partial charge is 0.394 e. The monoisotopic (exact) mass is 179 g/mol. The summed E-state index contributed by atoms with van der Waals surface area (Å²) in [6.45, 7) is 5.53. The Morgan fingerprint density at radius 1 is 1.40 bits per heavy atom. The van der Waals surface area contributed by atoms with Crippen molar-refractivity contribution in [2.45, 2.75) is 19.9 Å². The summed E-state index contributed by atoms with van der Waals surface area (Å²) in [7, 11) is -0.947. The zero-order valence-electron chi connectivity index (χ0n) is 6.59. The lowest BCUT2D eigenvalue weighted by Gasteiger charge is -2.08. The Morgan fingerprint density at radius 3 is 2.60 bits per heavy atom. The van der Waals surface area contributed by atoms with Crippen molar-refractivity contribution in [3.05, 3.63) is 0 Å². The van der Waals surface area contributed by atoms with Crippen molar-refractivity contribution in [3.63, 3.8) is 0 Å². The Hall–Kier alpha value is 0.487. The summed E-state index contributed by atoms with van der Waals surface area (Å²) >= 11 is 4.07. The lowest BCUT2D eigenvalue weighted by Crippen LogP contribution is -2.19. The molecule has 0 atom stereocenters. The van der Waals surface area contributed by atoms with E-state index in [1.165, 1.54) is 0 Å². The molecule has 0 aromatic carbocycles. The van der Waals surface area contributed by atoms with Crippen LogP contribution in [0.15, 0.2) is 0 Å². The van der Waals surface area contributed by atoms with Gasteiger partial charge in [0.15, 0.2) is 0 Å².